The standard InChI is InChI=1S/C12H14O2.C2H6/c1-9-4-2-3-5-11(9)12(13)14-8-10-6-7-10;1-2/h2-5,10H,6-8H2,1H3;1-2H3. The summed E-state index contributed by atoms with van der Waals surface area (Å²) in [6, 6.07) is 7.52. The van der Waals surface area contributed by atoms with E-state index in [0.29, 0.717) is 18.1 Å². The van der Waals surface area contributed by atoms with Crippen molar-refractivity contribution in [2.45, 2.75) is 33.6 Å². The molecule has 0 spiro atoms. The molecule has 0 saturated heterocycles. The number of hydrogen-bond acceptors (Lipinski definition) is 2. The predicted octanol–water partition coefficient (Wildman–Crippen LogP) is 3.59. The Kier molecular flexibility index (Phi) is 5.03. The van der Waals surface area contributed by atoms with Crippen LogP contribution in [0.3, 0.4) is 0 Å². The Morgan fingerprint density at radius 1 is 1.31 bits per heavy atom. The summed E-state index contributed by atoms with van der Waals surface area (Å²) in [5.41, 5.74) is 1.67. The topological polar surface area (TPSA) is 26.3 Å². The van der Waals surface area contributed by atoms with Gasteiger partial charge in [-0.2, -0.15) is 0 Å². The zero-order valence-corrected chi connectivity index (χ0v) is 10.3. The van der Waals surface area contributed by atoms with E-state index in [9.17, 15) is 4.79 Å². The van der Waals surface area contributed by atoms with Crippen molar-refractivity contribution in [3.05, 3.63) is 35.4 Å². The third-order valence-electron chi connectivity index (χ3n) is 2.51. The van der Waals surface area contributed by atoms with Gasteiger partial charge in [-0.25, -0.2) is 4.79 Å². The Hall–Kier alpha value is -1.31. The Labute approximate surface area is 97.6 Å². The van der Waals surface area contributed by atoms with Gasteiger partial charge in [0.15, 0.2) is 0 Å². The first-order valence-corrected chi connectivity index (χ1v) is 6.00. The van der Waals surface area contributed by atoms with Gasteiger partial charge in [0.05, 0.1) is 12.2 Å². The number of carbonyl (C=O) groups is 1. The molecule has 0 aliphatic heterocycles. The molecule has 0 bridgehead atoms. The van der Waals surface area contributed by atoms with Gasteiger partial charge >= 0.3 is 5.97 Å². The molecule has 0 heterocycles. The molecule has 0 aromatic heterocycles. The summed E-state index contributed by atoms with van der Waals surface area (Å²) >= 11 is 0. The van der Waals surface area contributed by atoms with E-state index in [1.54, 1.807) is 0 Å². The molecule has 1 aliphatic rings. The molecule has 0 unspecified atom stereocenters. The summed E-state index contributed by atoms with van der Waals surface area (Å²) in [6.07, 6.45) is 2.42. The van der Waals surface area contributed by atoms with Gasteiger partial charge in [-0.1, -0.05) is 32.0 Å². The fourth-order valence-electron chi connectivity index (χ4n) is 1.36. The summed E-state index contributed by atoms with van der Waals surface area (Å²) in [5.74, 6) is 0.443. The lowest BCUT2D eigenvalue weighted by Crippen LogP contribution is -2.08. The van der Waals surface area contributed by atoms with Gasteiger partial charge in [-0.15, -0.1) is 0 Å². The maximum Gasteiger partial charge on any atom is 0.338 e. The van der Waals surface area contributed by atoms with Crippen LogP contribution in [0.5, 0.6) is 0 Å². The molecule has 0 radical (unpaired) electrons. The minimum atomic E-state index is -0.185. The number of hydrogen-bond donors (Lipinski definition) is 0. The van der Waals surface area contributed by atoms with Crippen molar-refractivity contribution >= 4 is 5.97 Å². The van der Waals surface area contributed by atoms with Gasteiger partial charge in [0.25, 0.3) is 0 Å². The van der Waals surface area contributed by atoms with Crippen molar-refractivity contribution in [2.75, 3.05) is 6.61 Å². The van der Waals surface area contributed by atoms with Gasteiger partial charge in [0, 0.05) is 0 Å². The van der Waals surface area contributed by atoms with Crippen LogP contribution in [0.25, 0.3) is 0 Å². The lowest BCUT2D eigenvalue weighted by molar-refractivity contribution is 0.0485. The lowest BCUT2D eigenvalue weighted by atomic mass is 10.1. The average molecular weight is 220 g/mol. The van der Waals surface area contributed by atoms with Crippen LogP contribution in [0.2, 0.25) is 0 Å². The molecule has 88 valence electrons. The molecule has 0 amide bonds. The third-order valence-corrected chi connectivity index (χ3v) is 2.51. The van der Waals surface area contributed by atoms with Crippen molar-refractivity contribution in [3.8, 4) is 0 Å². The number of carbonyl (C=O) groups excluding carboxylic acids is 1. The van der Waals surface area contributed by atoms with Crippen LogP contribution in [-0.4, -0.2) is 12.6 Å². The van der Waals surface area contributed by atoms with Gasteiger partial charge < -0.3 is 4.74 Å². The first-order valence-electron chi connectivity index (χ1n) is 6.00. The summed E-state index contributed by atoms with van der Waals surface area (Å²) in [7, 11) is 0. The largest absolute Gasteiger partial charge is 0.462 e. The van der Waals surface area contributed by atoms with E-state index in [2.05, 4.69) is 0 Å². The molecule has 16 heavy (non-hydrogen) atoms. The van der Waals surface area contributed by atoms with Crippen LogP contribution in [0.1, 0.15) is 42.6 Å². The van der Waals surface area contributed by atoms with E-state index >= 15 is 0 Å². The highest BCUT2D eigenvalue weighted by Gasteiger charge is 2.23. The second-order valence-electron chi connectivity index (χ2n) is 3.86. The summed E-state index contributed by atoms with van der Waals surface area (Å²) in [5, 5.41) is 0. The van der Waals surface area contributed by atoms with E-state index in [0.717, 1.165) is 5.56 Å². The Morgan fingerprint density at radius 2 is 1.94 bits per heavy atom. The second kappa shape index (κ2) is 6.31. The molecule has 2 nitrogen and oxygen atoms in total. The lowest BCUT2D eigenvalue weighted by Gasteiger charge is -2.05. The van der Waals surface area contributed by atoms with Crippen molar-refractivity contribution in [2.24, 2.45) is 5.92 Å². The molecule has 0 atom stereocenters. The molecule has 1 aromatic rings. The van der Waals surface area contributed by atoms with Crippen molar-refractivity contribution < 1.29 is 9.53 Å². The average Bonchev–Trinajstić information content (AvgIpc) is 3.13. The predicted molar refractivity (Wildman–Crippen MR) is 65.5 cm³/mol. The van der Waals surface area contributed by atoms with E-state index in [1.165, 1.54) is 12.8 Å². The van der Waals surface area contributed by atoms with Crippen LogP contribution in [-0.2, 0) is 4.74 Å². The molecule has 0 N–H and O–H groups in total. The van der Waals surface area contributed by atoms with Crippen molar-refractivity contribution in [3.63, 3.8) is 0 Å². The summed E-state index contributed by atoms with van der Waals surface area (Å²) in [6.45, 7) is 6.51. The molecular formula is C14H20O2. The van der Waals surface area contributed by atoms with E-state index in [4.69, 9.17) is 4.74 Å². The van der Waals surface area contributed by atoms with E-state index in [-0.39, 0.29) is 5.97 Å². The highest BCUT2D eigenvalue weighted by molar-refractivity contribution is 5.90. The second-order valence-corrected chi connectivity index (χ2v) is 3.86. The monoisotopic (exact) mass is 220 g/mol. The number of aryl methyl sites for hydroxylation is 1. The molecule has 1 saturated carbocycles. The summed E-state index contributed by atoms with van der Waals surface area (Å²) in [4.78, 5) is 11.6. The van der Waals surface area contributed by atoms with Gasteiger partial charge in [0.2, 0.25) is 0 Å². The van der Waals surface area contributed by atoms with E-state index < -0.39 is 0 Å². The van der Waals surface area contributed by atoms with Crippen LogP contribution in [0, 0.1) is 12.8 Å². The molecule has 1 fully saturated rings. The molecular weight excluding hydrogens is 200 g/mol. The van der Waals surface area contributed by atoms with E-state index in [1.807, 2.05) is 45.0 Å². The fraction of sp³-hybridized carbons (Fsp3) is 0.500. The minimum Gasteiger partial charge on any atom is -0.462 e. The normalized spacial score (nSPS) is 13.7. The molecule has 2 heteroatoms. The van der Waals surface area contributed by atoms with Crippen LogP contribution >= 0.6 is 0 Å². The molecule has 2 rings (SSSR count). The van der Waals surface area contributed by atoms with Gasteiger partial charge in [0.1, 0.15) is 0 Å². The first-order chi connectivity index (χ1) is 7.77. The Morgan fingerprint density at radius 3 is 2.50 bits per heavy atom. The Bertz CT molecular complexity index is 340. The quantitative estimate of drug-likeness (QED) is 0.728. The highest BCUT2D eigenvalue weighted by atomic mass is 16.5. The summed E-state index contributed by atoms with van der Waals surface area (Å²) < 4.78 is 5.19. The van der Waals surface area contributed by atoms with Crippen molar-refractivity contribution in [1.82, 2.24) is 0 Å². The molecule has 1 aliphatic carbocycles. The minimum absolute atomic E-state index is 0.185. The number of ether oxygens (including phenoxy) is 1. The van der Waals surface area contributed by atoms with Crippen LogP contribution < -0.4 is 0 Å². The molecule has 1 aromatic carbocycles. The fourth-order valence-corrected chi connectivity index (χ4v) is 1.36. The highest BCUT2D eigenvalue weighted by Crippen LogP contribution is 2.29. The number of esters is 1. The third kappa shape index (κ3) is 3.69. The maximum atomic E-state index is 11.6. The zero-order chi connectivity index (χ0) is 12.0. The van der Waals surface area contributed by atoms with Crippen molar-refractivity contribution in [1.29, 1.82) is 0 Å². The number of benzene rings is 1. The first kappa shape index (κ1) is 12.8. The Balaban J connectivity index is 0.000000606. The van der Waals surface area contributed by atoms with Gasteiger partial charge in [-0.05, 0) is 37.3 Å². The maximum absolute atomic E-state index is 11.6. The zero-order valence-electron chi connectivity index (χ0n) is 10.3. The van der Waals surface area contributed by atoms with Gasteiger partial charge in [-0.3, -0.25) is 0 Å². The smallest absolute Gasteiger partial charge is 0.338 e. The van der Waals surface area contributed by atoms with Crippen LogP contribution in [0.15, 0.2) is 24.3 Å². The SMILES string of the molecule is CC.Cc1ccccc1C(=O)OCC1CC1. The number of rotatable bonds is 3. The van der Waals surface area contributed by atoms with Crippen LogP contribution in [0.4, 0.5) is 0 Å².